The Morgan fingerprint density at radius 1 is 1.07 bits per heavy atom. The minimum Gasteiger partial charge on any atom is -0.451 e. The second kappa shape index (κ2) is 6.50. The number of likely N-dealkylation sites (tertiary alicyclic amines) is 1. The second-order valence-electron chi connectivity index (χ2n) is 9.47. The lowest BCUT2D eigenvalue weighted by Gasteiger charge is -2.39. The van der Waals surface area contributed by atoms with E-state index in [4.69, 9.17) is 4.42 Å². The Bertz CT molecular complexity index is 912. The van der Waals surface area contributed by atoms with Crippen molar-refractivity contribution in [1.82, 2.24) is 10.2 Å². The number of carbonyl (C=O) groups is 2. The molecule has 1 N–H and O–H groups in total. The van der Waals surface area contributed by atoms with Gasteiger partial charge in [0.1, 0.15) is 5.76 Å². The highest BCUT2D eigenvalue weighted by Gasteiger charge is 2.50. The summed E-state index contributed by atoms with van der Waals surface area (Å²) in [5.41, 5.74) is 2.07. The van der Waals surface area contributed by atoms with Gasteiger partial charge in [0.25, 0.3) is 11.8 Å². The van der Waals surface area contributed by atoms with E-state index in [1.54, 1.807) is 19.2 Å². The van der Waals surface area contributed by atoms with Gasteiger partial charge in [-0.2, -0.15) is 0 Å². The zero-order chi connectivity index (χ0) is 20.1. The topological polar surface area (TPSA) is 62.6 Å². The fourth-order valence-corrected chi connectivity index (χ4v) is 5.38. The molecule has 2 fully saturated rings. The summed E-state index contributed by atoms with van der Waals surface area (Å²) in [5, 5.41) is 2.55. The van der Waals surface area contributed by atoms with Crippen LogP contribution in [0.3, 0.4) is 0 Å². The molecule has 1 aliphatic carbocycles. The van der Waals surface area contributed by atoms with E-state index in [2.05, 4.69) is 31.0 Å². The number of furan rings is 1. The van der Waals surface area contributed by atoms with Crippen molar-refractivity contribution < 1.29 is 14.0 Å². The van der Waals surface area contributed by atoms with E-state index >= 15 is 0 Å². The molecule has 1 aliphatic heterocycles. The van der Waals surface area contributed by atoms with Crippen LogP contribution in [0, 0.1) is 10.8 Å². The molecule has 1 aromatic heterocycles. The number of nitrogens with one attached hydrogen (secondary N) is 1. The van der Waals surface area contributed by atoms with Gasteiger partial charge in [0.05, 0.1) is 0 Å². The van der Waals surface area contributed by atoms with Crippen molar-refractivity contribution in [2.75, 3.05) is 13.6 Å². The molecule has 148 valence electrons. The molecule has 0 spiro atoms. The van der Waals surface area contributed by atoms with Crippen molar-refractivity contribution >= 4 is 11.8 Å². The summed E-state index contributed by atoms with van der Waals surface area (Å²) in [6, 6.07) is 11.2. The van der Waals surface area contributed by atoms with E-state index in [0.29, 0.717) is 22.8 Å². The first-order valence-corrected chi connectivity index (χ1v) is 9.93. The van der Waals surface area contributed by atoms with E-state index in [-0.39, 0.29) is 23.0 Å². The van der Waals surface area contributed by atoms with Crippen molar-refractivity contribution in [1.29, 1.82) is 0 Å². The number of hydrogen-bond donors (Lipinski definition) is 1. The normalized spacial score (nSPS) is 25.6. The Kier molecular flexibility index (Phi) is 4.36. The van der Waals surface area contributed by atoms with Crippen molar-refractivity contribution in [3.8, 4) is 11.3 Å². The molecular formula is C23H28N2O3. The van der Waals surface area contributed by atoms with E-state index in [1.807, 2.05) is 24.3 Å². The third kappa shape index (κ3) is 3.34. The lowest BCUT2D eigenvalue weighted by Crippen LogP contribution is -2.37. The standard InChI is InChI=1S/C23H28N2O3/c1-22(2)11-17-12-23(3,13-22)14-25(17)21(27)16-7-5-15(6-8-16)18-9-10-19(28-18)20(26)24-4/h5-10,17H,11-14H2,1-4H3,(H,24,26)/t17-,23-/m1/s1. The summed E-state index contributed by atoms with van der Waals surface area (Å²) < 4.78 is 5.61. The van der Waals surface area contributed by atoms with Crippen LogP contribution in [0.4, 0.5) is 0 Å². The van der Waals surface area contributed by atoms with Gasteiger partial charge in [0.2, 0.25) is 0 Å². The van der Waals surface area contributed by atoms with Gasteiger partial charge in [0.15, 0.2) is 5.76 Å². The van der Waals surface area contributed by atoms with Crippen LogP contribution in [0.5, 0.6) is 0 Å². The van der Waals surface area contributed by atoms with Crippen LogP contribution in [-0.4, -0.2) is 36.3 Å². The molecule has 2 aromatic rings. The average molecular weight is 380 g/mol. The van der Waals surface area contributed by atoms with Crippen molar-refractivity contribution in [2.24, 2.45) is 10.8 Å². The Morgan fingerprint density at radius 3 is 2.46 bits per heavy atom. The fourth-order valence-electron chi connectivity index (χ4n) is 5.38. The number of carbonyl (C=O) groups excluding carboxylic acids is 2. The van der Waals surface area contributed by atoms with Crippen LogP contribution < -0.4 is 5.32 Å². The van der Waals surface area contributed by atoms with Crippen LogP contribution in [0.2, 0.25) is 0 Å². The lowest BCUT2D eigenvalue weighted by molar-refractivity contribution is 0.0708. The molecule has 5 nitrogen and oxygen atoms in total. The highest BCUT2D eigenvalue weighted by Crippen LogP contribution is 2.52. The molecule has 2 amide bonds. The van der Waals surface area contributed by atoms with Crippen LogP contribution in [0.1, 0.15) is 60.9 Å². The van der Waals surface area contributed by atoms with Gasteiger partial charge in [0, 0.05) is 30.8 Å². The predicted octanol–water partition coefficient (Wildman–Crippen LogP) is 4.35. The fraction of sp³-hybridized carbons (Fsp3) is 0.478. The Hall–Kier alpha value is -2.56. The van der Waals surface area contributed by atoms with Crippen molar-refractivity contribution in [3.63, 3.8) is 0 Å². The van der Waals surface area contributed by atoms with Crippen LogP contribution in [0.15, 0.2) is 40.8 Å². The monoisotopic (exact) mass is 380 g/mol. The van der Waals surface area contributed by atoms with Gasteiger partial charge in [-0.25, -0.2) is 0 Å². The number of rotatable bonds is 3. The van der Waals surface area contributed by atoms with E-state index < -0.39 is 0 Å². The van der Waals surface area contributed by atoms with E-state index in [0.717, 1.165) is 24.9 Å². The number of benzene rings is 1. The minimum atomic E-state index is -0.255. The zero-order valence-corrected chi connectivity index (χ0v) is 17.0. The van der Waals surface area contributed by atoms with Gasteiger partial charge < -0.3 is 14.6 Å². The summed E-state index contributed by atoms with van der Waals surface area (Å²) >= 11 is 0. The minimum absolute atomic E-state index is 0.114. The number of hydrogen-bond acceptors (Lipinski definition) is 3. The van der Waals surface area contributed by atoms with Gasteiger partial charge in [-0.05, 0) is 54.4 Å². The van der Waals surface area contributed by atoms with Crippen molar-refractivity contribution in [3.05, 3.63) is 47.7 Å². The quantitative estimate of drug-likeness (QED) is 0.861. The third-order valence-corrected chi connectivity index (χ3v) is 6.15. The maximum absolute atomic E-state index is 13.2. The van der Waals surface area contributed by atoms with Crippen LogP contribution >= 0.6 is 0 Å². The molecule has 1 aromatic carbocycles. The first kappa shape index (κ1) is 18.8. The van der Waals surface area contributed by atoms with E-state index in [9.17, 15) is 9.59 Å². The van der Waals surface area contributed by atoms with Gasteiger partial charge in [-0.1, -0.05) is 32.9 Å². The number of nitrogens with zero attached hydrogens (tertiary/aromatic N) is 1. The highest BCUT2D eigenvalue weighted by molar-refractivity contribution is 5.95. The molecule has 0 unspecified atom stereocenters. The summed E-state index contributed by atoms with van der Waals surface area (Å²) in [7, 11) is 1.57. The molecule has 2 heterocycles. The Morgan fingerprint density at radius 2 is 1.79 bits per heavy atom. The molecule has 4 rings (SSSR count). The molecule has 2 bridgehead atoms. The second-order valence-corrected chi connectivity index (χ2v) is 9.47. The predicted molar refractivity (Wildman–Crippen MR) is 108 cm³/mol. The Balaban J connectivity index is 1.52. The summed E-state index contributed by atoms with van der Waals surface area (Å²) in [6.07, 6.45) is 3.35. The first-order chi connectivity index (χ1) is 13.2. The Labute approximate surface area is 166 Å². The first-order valence-electron chi connectivity index (χ1n) is 9.93. The van der Waals surface area contributed by atoms with Gasteiger partial charge in [-0.15, -0.1) is 0 Å². The molecule has 2 aliphatic rings. The molecule has 1 saturated heterocycles. The molecule has 0 radical (unpaired) electrons. The molecular weight excluding hydrogens is 352 g/mol. The van der Waals surface area contributed by atoms with Crippen molar-refractivity contribution in [2.45, 2.75) is 46.1 Å². The van der Waals surface area contributed by atoms with E-state index in [1.165, 1.54) is 6.42 Å². The maximum Gasteiger partial charge on any atom is 0.286 e. The zero-order valence-electron chi connectivity index (χ0n) is 17.0. The largest absolute Gasteiger partial charge is 0.451 e. The van der Waals surface area contributed by atoms with Crippen LogP contribution in [0.25, 0.3) is 11.3 Å². The maximum atomic E-state index is 13.2. The highest BCUT2D eigenvalue weighted by atomic mass is 16.3. The molecule has 2 atom stereocenters. The SMILES string of the molecule is CNC(=O)c1ccc(-c2ccc(C(=O)N3C[C@]4(C)C[C@H]3CC(C)(C)C4)cc2)o1. The summed E-state index contributed by atoms with van der Waals surface area (Å²) in [6.45, 7) is 7.79. The molecule has 5 heteroatoms. The lowest BCUT2D eigenvalue weighted by atomic mass is 9.65. The number of fused-ring (bicyclic) bond motifs is 2. The molecule has 28 heavy (non-hydrogen) atoms. The third-order valence-electron chi connectivity index (χ3n) is 6.15. The summed E-state index contributed by atoms with van der Waals surface area (Å²) in [4.78, 5) is 26.9. The van der Waals surface area contributed by atoms with Crippen LogP contribution in [-0.2, 0) is 0 Å². The van der Waals surface area contributed by atoms with Gasteiger partial charge in [-0.3, -0.25) is 9.59 Å². The summed E-state index contributed by atoms with van der Waals surface area (Å²) in [5.74, 6) is 0.750. The van der Waals surface area contributed by atoms with Gasteiger partial charge >= 0.3 is 0 Å². The number of amides is 2. The molecule has 1 saturated carbocycles. The average Bonchev–Trinajstić information content (AvgIpc) is 3.22. The smallest absolute Gasteiger partial charge is 0.286 e.